The average Bonchev–Trinajstić information content (AvgIpc) is 2.75. The van der Waals surface area contributed by atoms with Crippen molar-refractivity contribution >= 4 is 34.5 Å². The van der Waals surface area contributed by atoms with Crippen molar-refractivity contribution in [1.82, 2.24) is 5.32 Å². The van der Waals surface area contributed by atoms with Crippen molar-refractivity contribution in [2.24, 2.45) is 0 Å². The zero-order valence-electron chi connectivity index (χ0n) is 10.9. The van der Waals surface area contributed by atoms with E-state index in [0.717, 1.165) is 9.13 Å². The maximum Gasteiger partial charge on any atom is 0.305 e. The van der Waals surface area contributed by atoms with Crippen LogP contribution in [-0.2, 0) is 20.7 Å². The summed E-state index contributed by atoms with van der Waals surface area (Å²) in [5.74, 6) is -1.09. The van der Waals surface area contributed by atoms with E-state index < -0.39 is 11.5 Å². The standard InChI is InChI=1S/C14H16INO4/c15-11-3-1-2-10(6-11)7-12(17)16-14(8-13(18)19)4-5-20-9-14/h1-3,6H,4-5,7-9H2,(H,16,17)(H,18,19). The molecule has 6 heteroatoms. The van der Waals surface area contributed by atoms with Crippen LogP contribution in [0.3, 0.4) is 0 Å². The van der Waals surface area contributed by atoms with E-state index in [4.69, 9.17) is 9.84 Å². The van der Waals surface area contributed by atoms with Crippen LogP contribution >= 0.6 is 22.6 Å². The fourth-order valence-corrected chi connectivity index (χ4v) is 2.96. The molecule has 5 nitrogen and oxygen atoms in total. The molecular formula is C14H16INO4. The normalized spacial score (nSPS) is 21.6. The number of ether oxygens (including phenoxy) is 1. The Labute approximate surface area is 130 Å². The number of hydrogen-bond donors (Lipinski definition) is 2. The van der Waals surface area contributed by atoms with Gasteiger partial charge in [0, 0.05) is 10.2 Å². The van der Waals surface area contributed by atoms with Crippen LogP contribution in [0, 0.1) is 3.57 Å². The number of nitrogens with one attached hydrogen (secondary N) is 1. The van der Waals surface area contributed by atoms with Crippen molar-refractivity contribution in [3.8, 4) is 0 Å². The van der Waals surface area contributed by atoms with Crippen LogP contribution in [0.1, 0.15) is 18.4 Å². The van der Waals surface area contributed by atoms with Crippen LogP contribution in [0.2, 0.25) is 0 Å². The minimum atomic E-state index is -0.926. The Bertz CT molecular complexity index is 512. The van der Waals surface area contributed by atoms with Crippen LogP contribution < -0.4 is 5.32 Å². The molecule has 0 aromatic heterocycles. The molecule has 1 aromatic carbocycles. The molecule has 0 aliphatic carbocycles. The molecule has 1 fully saturated rings. The molecule has 1 unspecified atom stereocenters. The zero-order valence-corrected chi connectivity index (χ0v) is 13.1. The van der Waals surface area contributed by atoms with Gasteiger partial charge in [-0.25, -0.2) is 0 Å². The second-order valence-corrected chi connectivity index (χ2v) is 6.25. The highest BCUT2D eigenvalue weighted by Gasteiger charge is 2.38. The Morgan fingerprint density at radius 1 is 1.45 bits per heavy atom. The van der Waals surface area contributed by atoms with Gasteiger partial charge in [-0.15, -0.1) is 0 Å². The Hall–Kier alpha value is -1.15. The Balaban J connectivity index is 2.00. The van der Waals surface area contributed by atoms with E-state index in [1.54, 1.807) is 0 Å². The molecule has 2 rings (SSSR count). The zero-order chi connectivity index (χ0) is 14.6. The second kappa shape index (κ2) is 6.53. The Morgan fingerprint density at radius 2 is 2.25 bits per heavy atom. The quantitative estimate of drug-likeness (QED) is 0.751. The highest BCUT2D eigenvalue weighted by Crippen LogP contribution is 2.23. The first-order valence-corrected chi connectivity index (χ1v) is 7.42. The summed E-state index contributed by atoms with van der Waals surface area (Å²) >= 11 is 2.19. The first-order chi connectivity index (χ1) is 9.49. The lowest BCUT2D eigenvalue weighted by atomic mass is 9.94. The predicted molar refractivity (Wildman–Crippen MR) is 81.4 cm³/mol. The van der Waals surface area contributed by atoms with Gasteiger partial charge in [-0.2, -0.15) is 0 Å². The van der Waals surface area contributed by atoms with Gasteiger partial charge in [-0.1, -0.05) is 12.1 Å². The van der Waals surface area contributed by atoms with E-state index >= 15 is 0 Å². The summed E-state index contributed by atoms with van der Waals surface area (Å²) in [5, 5.41) is 11.8. The van der Waals surface area contributed by atoms with Crippen molar-refractivity contribution in [3.63, 3.8) is 0 Å². The molecule has 0 saturated carbocycles. The molecule has 1 saturated heterocycles. The third-order valence-corrected chi connectivity index (χ3v) is 3.92. The minimum Gasteiger partial charge on any atom is -0.481 e. The summed E-state index contributed by atoms with van der Waals surface area (Å²) in [6.45, 7) is 0.744. The van der Waals surface area contributed by atoms with Crippen LogP contribution in [0.15, 0.2) is 24.3 Å². The molecular weight excluding hydrogens is 373 g/mol. The highest BCUT2D eigenvalue weighted by molar-refractivity contribution is 14.1. The van der Waals surface area contributed by atoms with Gasteiger partial charge in [0.1, 0.15) is 0 Å². The number of carboxylic acids is 1. The summed E-state index contributed by atoms with van der Waals surface area (Å²) in [5.41, 5.74) is 0.156. The molecule has 20 heavy (non-hydrogen) atoms. The molecule has 0 radical (unpaired) electrons. The number of carbonyl (C=O) groups excluding carboxylic acids is 1. The molecule has 1 amide bonds. The first kappa shape index (κ1) is 15.2. The summed E-state index contributed by atoms with van der Waals surface area (Å²) < 4.78 is 6.32. The maximum absolute atomic E-state index is 12.1. The van der Waals surface area contributed by atoms with Gasteiger partial charge < -0.3 is 15.2 Å². The number of amides is 1. The molecule has 108 valence electrons. The van der Waals surface area contributed by atoms with Gasteiger partial charge in [0.25, 0.3) is 0 Å². The molecule has 0 spiro atoms. The molecule has 2 N–H and O–H groups in total. The number of halogens is 1. The molecule has 0 bridgehead atoms. The fourth-order valence-electron chi connectivity index (χ4n) is 2.35. The number of benzene rings is 1. The smallest absolute Gasteiger partial charge is 0.305 e. The van der Waals surface area contributed by atoms with E-state index in [0.29, 0.717) is 13.0 Å². The van der Waals surface area contributed by atoms with Crippen LogP contribution in [0.5, 0.6) is 0 Å². The van der Waals surface area contributed by atoms with E-state index in [2.05, 4.69) is 27.9 Å². The minimum absolute atomic E-state index is 0.106. The molecule has 1 aliphatic heterocycles. The SMILES string of the molecule is O=C(O)CC1(NC(=O)Cc2cccc(I)c2)CCOC1. The lowest BCUT2D eigenvalue weighted by Gasteiger charge is -2.27. The number of carboxylic acid groups (broad SMARTS) is 1. The lowest BCUT2D eigenvalue weighted by Crippen LogP contribution is -2.51. The topological polar surface area (TPSA) is 75.6 Å². The summed E-state index contributed by atoms with van der Waals surface area (Å²) in [4.78, 5) is 23.0. The second-order valence-electron chi connectivity index (χ2n) is 5.01. The number of hydrogen-bond acceptors (Lipinski definition) is 3. The van der Waals surface area contributed by atoms with Crippen molar-refractivity contribution in [2.45, 2.75) is 24.8 Å². The van der Waals surface area contributed by atoms with Crippen LogP contribution in [-0.4, -0.2) is 35.7 Å². The van der Waals surface area contributed by atoms with Gasteiger partial charge >= 0.3 is 5.97 Å². The van der Waals surface area contributed by atoms with E-state index in [1.165, 1.54) is 0 Å². The largest absolute Gasteiger partial charge is 0.481 e. The predicted octanol–water partition coefficient (Wildman–Crippen LogP) is 1.58. The van der Waals surface area contributed by atoms with Crippen molar-refractivity contribution in [1.29, 1.82) is 0 Å². The Morgan fingerprint density at radius 3 is 2.85 bits per heavy atom. The molecule has 1 aliphatic rings. The van der Waals surface area contributed by atoms with Gasteiger partial charge in [0.15, 0.2) is 0 Å². The van der Waals surface area contributed by atoms with Gasteiger partial charge in [-0.05, 0) is 46.7 Å². The summed E-state index contributed by atoms with van der Waals surface area (Å²) in [6.07, 6.45) is 0.681. The number of carbonyl (C=O) groups is 2. The van der Waals surface area contributed by atoms with Gasteiger partial charge in [0.05, 0.1) is 25.0 Å². The summed E-state index contributed by atoms with van der Waals surface area (Å²) in [6, 6.07) is 7.68. The maximum atomic E-state index is 12.1. The third-order valence-electron chi connectivity index (χ3n) is 3.25. The van der Waals surface area contributed by atoms with Crippen LogP contribution in [0.4, 0.5) is 0 Å². The third kappa shape index (κ3) is 4.17. The monoisotopic (exact) mass is 389 g/mol. The van der Waals surface area contributed by atoms with Crippen LogP contribution in [0.25, 0.3) is 0 Å². The average molecular weight is 389 g/mol. The molecule has 1 aromatic rings. The first-order valence-electron chi connectivity index (χ1n) is 6.34. The Kier molecular flexibility index (Phi) is 4.98. The van der Waals surface area contributed by atoms with E-state index in [9.17, 15) is 9.59 Å². The molecule has 1 heterocycles. The number of rotatable bonds is 5. The van der Waals surface area contributed by atoms with Crippen molar-refractivity contribution < 1.29 is 19.4 Å². The highest BCUT2D eigenvalue weighted by atomic mass is 127. The van der Waals surface area contributed by atoms with Gasteiger partial charge in [-0.3, -0.25) is 9.59 Å². The fraction of sp³-hybridized carbons (Fsp3) is 0.429. The summed E-state index contributed by atoms with van der Waals surface area (Å²) in [7, 11) is 0. The van der Waals surface area contributed by atoms with Crippen molar-refractivity contribution in [2.75, 3.05) is 13.2 Å². The van der Waals surface area contributed by atoms with Gasteiger partial charge in [0.2, 0.25) is 5.91 Å². The van der Waals surface area contributed by atoms with E-state index in [1.807, 2.05) is 24.3 Å². The lowest BCUT2D eigenvalue weighted by molar-refractivity contribution is -0.139. The van der Waals surface area contributed by atoms with Crippen molar-refractivity contribution in [3.05, 3.63) is 33.4 Å². The molecule has 1 atom stereocenters. The van der Waals surface area contributed by atoms with E-state index in [-0.39, 0.29) is 25.4 Å². The number of aliphatic carboxylic acids is 1.